The van der Waals surface area contributed by atoms with Gasteiger partial charge in [-0.3, -0.25) is 14.5 Å². The summed E-state index contributed by atoms with van der Waals surface area (Å²) >= 11 is 0. The van der Waals surface area contributed by atoms with Crippen molar-refractivity contribution in [3.05, 3.63) is 88.7 Å². The number of nitrogens with one attached hydrogen (secondary N) is 1. The average molecular weight is 413 g/mol. The van der Waals surface area contributed by atoms with Crippen molar-refractivity contribution < 1.29 is 14.4 Å². The van der Waals surface area contributed by atoms with E-state index in [1.165, 1.54) is 0 Å². The van der Waals surface area contributed by atoms with Crippen molar-refractivity contribution in [1.29, 1.82) is 0 Å². The molecule has 31 heavy (non-hydrogen) atoms. The van der Waals surface area contributed by atoms with E-state index in [0.29, 0.717) is 12.0 Å². The van der Waals surface area contributed by atoms with Gasteiger partial charge in [-0.1, -0.05) is 42.5 Å². The van der Waals surface area contributed by atoms with Crippen molar-refractivity contribution in [3.8, 4) is 5.69 Å². The molecule has 0 bridgehead atoms. The minimum absolute atomic E-state index is 0.248. The molecule has 3 amide bonds. The number of aryl methyl sites for hydroxylation is 2. The van der Waals surface area contributed by atoms with Gasteiger partial charge in [0.2, 0.25) is 0 Å². The molecule has 1 aliphatic heterocycles. The lowest BCUT2D eigenvalue weighted by atomic mass is 9.92. The van der Waals surface area contributed by atoms with E-state index < -0.39 is 11.6 Å². The highest BCUT2D eigenvalue weighted by molar-refractivity contribution is 6.12. The Morgan fingerprint density at radius 2 is 1.74 bits per heavy atom. The molecule has 6 nitrogen and oxygen atoms in total. The van der Waals surface area contributed by atoms with E-state index in [9.17, 15) is 14.4 Å². The summed E-state index contributed by atoms with van der Waals surface area (Å²) in [6.07, 6.45) is 1.24. The number of fused-ring (bicyclic) bond motifs is 2. The Labute approximate surface area is 180 Å². The predicted octanol–water partition coefficient (Wildman–Crippen LogP) is 3.67. The number of rotatable bonds is 4. The van der Waals surface area contributed by atoms with Crippen molar-refractivity contribution in [2.45, 2.75) is 32.2 Å². The third-order valence-electron chi connectivity index (χ3n) is 6.47. The number of hydrogen-bond acceptors (Lipinski definition) is 3. The SMILES string of the molecule is Cc1cc(C(=O)CN2C(=O)N[C@@]3(CCc4ccccc43)C2=O)c(C)n1-c1ccccc1. The lowest BCUT2D eigenvalue weighted by molar-refractivity contribution is -0.131. The first-order valence-electron chi connectivity index (χ1n) is 10.4. The summed E-state index contributed by atoms with van der Waals surface area (Å²) in [5.41, 5.74) is 4.06. The lowest BCUT2D eigenvalue weighted by Crippen LogP contribution is -2.42. The van der Waals surface area contributed by atoms with Crippen LogP contribution < -0.4 is 5.32 Å². The first-order valence-corrected chi connectivity index (χ1v) is 10.4. The van der Waals surface area contributed by atoms with Crippen LogP contribution in [0, 0.1) is 13.8 Å². The van der Waals surface area contributed by atoms with Gasteiger partial charge in [0.25, 0.3) is 5.91 Å². The number of carbonyl (C=O) groups excluding carboxylic acids is 3. The van der Waals surface area contributed by atoms with E-state index in [1.807, 2.05) is 79.1 Å². The number of aromatic nitrogens is 1. The van der Waals surface area contributed by atoms with Gasteiger partial charge in [-0.05, 0) is 56.0 Å². The van der Waals surface area contributed by atoms with Crippen molar-refractivity contribution in [1.82, 2.24) is 14.8 Å². The number of hydrogen-bond donors (Lipinski definition) is 1. The quantitative estimate of drug-likeness (QED) is 0.524. The Morgan fingerprint density at radius 3 is 2.52 bits per heavy atom. The lowest BCUT2D eigenvalue weighted by Gasteiger charge is -2.22. The highest BCUT2D eigenvalue weighted by atomic mass is 16.2. The summed E-state index contributed by atoms with van der Waals surface area (Å²) in [6.45, 7) is 3.55. The van der Waals surface area contributed by atoms with Crippen LogP contribution in [-0.2, 0) is 16.8 Å². The van der Waals surface area contributed by atoms with Crippen LogP contribution in [0.2, 0.25) is 0 Å². The fourth-order valence-corrected chi connectivity index (χ4v) is 4.98. The van der Waals surface area contributed by atoms with E-state index in [1.54, 1.807) is 0 Å². The Morgan fingerprint density at radius 1 is 1.03 bits per heavy atom. The largest absolute Gasteiger partial charge is 0.325 e. The molecule has 2 aromatic carbocycles. The molecule has 1 saturated heterocycles. The second-order valence-electron chi connectivity index (χ2n) is 8.26. The molecule has 1 N–H and O–H groups in total. The molecule has 1 fully saturated rings. The number of benzene rings is 2. The summed E-state index contributed by atoms with van der Waals surface area (Å²) in [7, 11) is 0. The molecule has 2 heterocycles. The summed E-state index contributed by atoms with van der Waals surface area (Å²) in [6, 6.07) is 18.8. The van der Waals surface area contributed by atoms with Gasteiger partial charge in [-0.15, -0.1) is 0 Å². The third kappa shape index (κ3) is 2.82. The molecule has 1 aliphatic carbocycles. The summed E-state index contributed by atoms with van der Waals surface area (Å²) in [5, 5.41) is 2.88. The number of carbonyl (C=O) groups is 3. The summed E-state index contributed by atoms with van der Waals surface area (Å²) < 4.78 is 2.01. The van der Waals surface area contributed by atoms with E-state index >= 15 is 0 Å². The van der Waals surface area contributed by atoms with Crippen LogP contribution in [0.3, 0.4) is 0 Å². The van der Waals surface area contributed by atoms with E-state index in [4.69, 9.17) is 0 Å². The van der Waals surface area contributed by atoms with Gasteiger partial charge < -0.3 is 9.88 Å². The summed E-state index contributed by atoms with van der Waals surface area (Å²) in [5.74, 6) is -0.588. The monoisotopic (exact) mass is 413 g/mol. The van der Waals surface area contributed by atoms with Crippen LogP contribution in [0.4, 0.5) is 4.79 Å². The van der Waals surface area contributed by atoms with Gasteiger partial charge in [-0.25, -0.2) is 4.79 Å². The van der Waals surface area contributed by atoms with E-state index in [0.717, 1.165) is 39.5 Å². The maximum atomic E-state index is 13.3. The van der Waals surface area contributed by atoms with Crippen LogP contribution in [0.5, 0.6) is 0 Å². The molecule has 0 saturated carbocycles. The standard InChI is InChI=1S/C25H23N3O3/c1-16-14-20(17(2)28(16)19-9-4-3-5-10-19)22(29)15-27-23(30)25(26-24(27)31)13-12-18-8-6-7-11-21(18)25/h3-11,14H,12-13,15H2,1-2H3,(H,26,31)/t25-/m1/s1. The first-order chi connectivity index (χ1) is 14.9. The zero-order chi connectivity index (χ0) is 21.8. The Hall–Kier alpha value is -3.67. The highest BCUT2D eigenvalue weighted by Crippen LogP contribution is 2.41. The zero-order valence-corrected chi connectivity index (χ0v) is 17.5. The highest BCUT2D eigenvalue weighted by Gasteiger charge is 2.55. The fourth-order valence-electron chi connectivity index (χ4n) is 4.98. The topological polar surface area (TPSA) is 71.4 Å². The molecule has 5 rings (SSSR count). The molecule has 0 radical (unpaired) electrons. The predicted molar refractivity (Wildman–Crippen MR) is 116 cm³/mol. The van der Waals surface area contributed by atoms with Gasteiger partial charge in [-0.2, -0.15) is 0 Å². The molecule has 6 heteroatoms. The van der Waals surface area contributed by atoms with Crippen LogP contribution in [0.1, 0.15) is 39.3 Å². The number of ketones is 1. The normalized spacial score (nSPS) is 19.7. The van der Waals surface area contributed by atoms with Gasteiger partial charge >= 0.3 is 6.03 Å². The van der Waals surface area contributed by atoms with Crippen molar-refractivity contribution in [2.75, 3.05) is 6.54 Å². The van der Waals surface area contributed by atoms with Gasteiger partial charge in [0.15, 0.2) is 5.78 Å². The molecular weight excluding hydrogens is 390 g/mol. The van der Waals surface area contributed by atoms with Crippen LogP contribution >= 0.6 is 0 Å². The number of Topliss-reactive ketones (excluding diaryl/α,β-unsaturated/α-hetero) is 1. The second-order valence-corrected chi connectivity index (χ2v) is 8.26. The molecule has 2 aliphatic rings. The van der Waals surface area contributed by atoms with Gasteiger partial charge in [0, 0.05) is 22.6 Å². The Bertz CT molecular complexity index is 1230. The number of nitrogens with zero attached hydrogens (tertiary/aromatic N) is 2. The van der Waals surface area contributed by atoms with Gasteiger partial charge in [0.05, 0.1) is 6.54 Å². The Kier molecular flexibility index (Phi) is 4.32. The number of para-hydroxylation sites is 1. The minimum Gasteiger partial charge on any atom is -0.319 e. The minimum atomic E-state index is -1.05. The molecule has 3 aromatic rings. The molecule has 1 aromatic heterocycles. The Balaban J connectivity index is 1.43. The van der Waals surface area contributed by atoms with Crippen LogP contribution in [0.15, 0.2) is 60.7 Å². The van der Waals surface area contributed by atoms with E-state index in [2.05, 4.69) is 5.32 Å². The third-order valence-corrected chi connectivity index (χ3v) is 6.47. The number of imide groups is 1. The van der Waals surface area contributed by atoms with Crippen molar-refractivity contribution in [2.24, 2.45) is 0 Å². The second kappa shape index (κ2) is 6.94. The maximum Gasteiger partial charge on any atom is 0.325 e. The fraction of sp³-hybridized carbons (Fsp3) is 0.240. The maximum absolute atomic E-state index is 13.3. The number of amides is 3. The molecule has 0 unspecified atom stereocenters. The average Bonchev–Trinajstić information content (AvgIpc) is 3.37. The van der Waals surface area contributed by atoms with Crippen LogP contribution in [0.25, 0.3) is 5.69 Å². The number of urea groups is 1. The van der Waals surface area contributed by atoms with Crippen LogP contribution in [-0.4, -0.2) is 33.7 Å². The molecular formula is C25H23N3O3. The zero-order valence-electron chi connectivity index (χ0n) is 17.5. The summed E-state index contributed by atoms with van der Waals surface area (Å²) in [4.78, 5) is 40.3. The van der Waals surface area contributed by atoms with Gasteiger partial charge in [0.1, 0.15) is 5.54 Å². The van der Waals surface area contributed by atoms with Crippen molar-refractivity contribution >= 4 is 17.7 Å². The van der Waals surface area contributed by atoms with Crippen molar-refractivity contribution in [3.63, 3.8) is 0 Å². The molecule has 156 valence electrons. The first kappa shape index (κ1) is 19.3. The smallest absolute Gasteiger partial charge is 0.319 e. The van der Waals surface area contributed by atoms with E-state index in [-0.39, 0.29) is 18.2 Å². The molecule has 1 atom stereocenters. The molecule has 1 spiro atoms.